The van der Waals surface area contributed by atoms with Crippen LogP contribution in [0.15, 0.2) is 48.8 Å². The van der Waals surface area contributed by atoms with Crippen LogP contribution >= 0.6 is 0 Å². The monoisotopic (exact) mass is 343 g/mol. The largest absolute Gasteiger partial charge is 0.452 e. The molecule has 1 atom stereocenters. The standard InChI is InChI=1S/C18H21N3O4/c1-3-19-17(23)13(2)20-16(22)12-25-18(24)14-6-8-15(9-7-14)21-10-4-5-11-21/h4-11,13H,3,12H2,1-2H3,(H,19,23)(H,20,22)/t13-/m1/s1. The molecular weight excluding hydrogens is 322 g/mol. The van der Waals surface area contributed by atoms with Crippen LogP contribution in [0, 0.1) is 0 Å². The number of likely N-dealkylation sites (N-methyl/N-ethyl adjacent to an activating group) is 1. The lowest BCUT2D eigenvalue weighted by atomic mass is 10.2. The van der Waals surface area contributed by atoms with E-state index in [4.69, 9.17) is 4.74 Å². The average Bonchev–Trinajstić information content (AvgIpc) is 3.14. The van der Waals surface area contributed by atoms with Crippen molar-refractivity contribution in [3.8, 4) is 5.69 Å². The highest BCUT2D eigenvalue weighted by atomic mass is 16.5. The number of rotatable bonds is 7. The first-order valence-corrected chi connectivity index (χ1v) is 7.99. The molecule has 0 saturated carbocycles. The molecule has 2 aromatic rings. The zero-order valence-corrected chi connectivity index (χ0v) is 14.2. The van der Waals surface area contributed by atoms with Gasteiger partial charge >= 0.3 is 5.97 Å². The molecule has 0 saturated heterocycles. The topological polar surface area (TPSA) is 89.4 Å². The predicted octanol–water partition coefficient (Wildman–Crippen LogP) is 1.27. The van der Waals surface area contributed by atoms with Gasteiger partial charge in [0.2, 0.25) is 5.91 Å². The van der Waals surface area contributed by atoms with Crippen molar-refractivity contribution in [3.63, 3.8) is 0 Å². The second-order valence-electron chi connectivity index (χ2n) is 5.40. The normalized spacial score (nSPS) is 11.4. The fraction of sp³-hybridized carbons (Fsp3) is 0.278. The number of nitrogens with one attached hydrogen (secondary N) is 2. The summed E-state index contributed by atoms with van der Waals surface area (Å²) >= 11 is 0. The summed E-state index contributed by atoms with van der Waals surface area (Å²) < 4.78 is 6.88. The lowest BCUT2D eigenvalue weighted by Gasteiger charge is -2.13. The summed E-state index contributed by atoms with van der Waals surface area (Å²) in [5.41, 5.74) is 1.26. The maximum atomic E-state index is 12.0. The fourth-order valence-electron chi connectivity index (χ4n) is 2.17. The van der Waals surface area contributed by atoms with Crippen molar-refractivity contribution in [1.29, 1.82) is 0 Å². The van der Waals surface area contributed by atoms with E-state index in [9.17, 15) is 14.4 Å². The second kappa shape index (κ2) is 8.68. The first-order valence-electron chi connectivity index (χ1n) is 7.99. The van der Waals surface area contributed by atoms with Crippen LogP contribution < -0.4 is 10.6 Å². The number of hydrogen-bond donors (Lipinski definition) is 2. The van der Waals surface area contributed by atoms with Gasteiger partial charge in [-0.15, -0.1) is 0 Å². The number of amides is 2. The summed E-state index contributed by atoms with van der Waals surface area (Å²) in [5.74, 6) is -1.42. The summed E-state index contributed by atoms with van der Waals surface area (Å²) in [4.78, 5) is 35.2. The van der Waals surface area contributed by atoms with Gasteiger partial charge in [-0.1, -0.05) is 0 Å². The molecule has 132 valence electrons. The summed E-state index contributed by atoms with van der Waals surface area (Å²) in [6.45, 7) is 3.38. The molecule has 1 heterocycles. The number of carbonyl (C=O) groups excluding carboxylic acids is 3. The highest BCUT2D eigenvalue weighted by molar-refractivity contribution is 5.92. The van der Waals surface area contributed by atoms with Gasteiger partial charge in [-0.3, -0.25) is 9.59 Å². The van der Waals surface area contributed by atoms with Gasteiger partial charge in [-0.05, 0) is 50.2 Å². The Morgan fingerprint density at radius 1 is 1.12 bits per heavy atom. The van der Waals surface area contributed by atoms with Crippen molar-refractivity contribution >= 4 is 17.8 Å². The molecule has 25 heavy (non-hydrogen) atoms. The fourth-order valence-corrected chi connectivity index (χ4v) is 2.17. The van der Waals surface area contributed by atoms with Gasteiger partial charge < -0.3 is 19.9 Å². The van der Waals surface area contributed by atoms with Crippen LogP contribution in [-0.4, -0.2) is 41.5 Å². The maximum Gasteiger partial charge on any atom is 0.338 e. The van der Waals surface area contributed by atoms with Crippen LogP contribution in [0.1, 0.15) is 24.2 Å². The minimum absolute atomic E-state index is 0.289. The number of aromatic nitrogens is 1. The Kier molecular flexibility index (Phi) is 6.33. The lowest BCUT2D eigenvalue weighted by molar-refractivity contribution is -0.130. The van der Waals surface area contributed by atoms with Crippen LogP contribution in [-0.2, 0) is 14.3 Å². The Hall–Kier alpha value is -3.09. The molecule has 2 N–H and O–H groups in total. The molecule has 2 amide bonds. The molecule has 7 heteroatoms. The van der Waals surface area contributed by atoms with E-state index in [2.05, 4.69) is 10.6 Å². The number of benzene rings is 1. The molecule has 0 aliphatic rings. The number of hydrogen-bond acceptors (Lipinski definition) is 4. The first kappa shape index (κ1) is 18.3. The lowest BCUT2D eigenvalue weighted by Crippen LogP contribution is -2.46. The Morgan fingerprint density at radius 3 is 2.36 bits per heavy atom. The van der Waals surface area contributed by atoms with Crippen molar-refractivity contribution < 1.29 is 19.1 Å². The number of ether oxygens (including phenoxy) is 1. The minimum Gasteiger partial charge on any atom is -0.452 e. The van der Waals surface area contributed by atoms with Gasteiger partial charge in [-0.2, -0.15) is 0 Å². The van der Waals surface area contributed by atoms with E-state index in [0.29, 0.717) is 12.1 Å². The van der Waals surface area contributed by atoms with E-state index in [1.165, 1.54) is 0 Å². The third-order valence-electron chi connectivity index (χ3n) is 3.46. The molecule has 0 radical (unpaired) electrons. The van der Waals surface area contributed by atoms with Crippen molar-refractivity contribution in [2.45, 2.75) is 19.9 Å². The van der Waals surface area contributed by atoms with E-state index in [0.717, 1.165) is 5.69 Å². The minimum atomic E-state index is -0.688. The van der Waals surface area contributed by atoms with Crippen molar-refractivity contribution in [2.24, 2.45) is 0 Å². The molecule has 7 nitrogen and oxygen atoms in total. The SMILES string of the molecule is CCNC(=O)[C@@H](C)NC(=O)COC(=O)c1ccc(-n2cccc2)cc1. The third-order valence-corrected chi connectivity index (χ3v) is 3.46. The molecule has 1 aromatic carbocycles. The van der Waals surface area contributed by atoms with Gasteiger partial charge in [0.15, 0.2) is 6.61 Å². The number of esters is 1. The predicted molar refractivity (Wildman–Crippen MR) is 92.3 cm³/mol. The highest BCUT2D eigenvalue weighted by Crippen LogP contribution is 2.10. The number of carbonyl (C=O) groups is 3. The van der Waals surface area contributed by atoms with Gasteiger partial charge in [0.05, 0.1) is 5.56 Å². The smallest absolute Gasteiger partial charge is 0.338 e. The van der Waals surface area contributed by atoms with E-state index >= 15 is 0 Å². The quantitative estimate of drug-likeness (QED) is 0.741. The van der Waals surface area contributed by atoms with Crippen LogP contribution in [0.25, 0.3) is 5.69 Å². The van der Waals surface area contributed by atoms with Crippen LogP contribution in [0.4, 0.5) is 0 Å². The maximum absolute atomic E-state index is 12.0. The molecule has 0 bridgehead atoms. The van der Waals surface area contributed by atoms with Crippen molar-refractivity contribution in [3.05, 3.63) is 54.4 Å². The van der Waals surface area contributed by atoms with E-state index in [-0.39, 0.29) is 5.91 Å². The Bertz CT molecular complexity index is 723. The van der Waals surface area contributed by atoms with Gasteiger partial charge in [-0.25, -0.2) is 4.79 Å². The highest BCUT2D eigenvalue weighted by Gasteiger charge is 2.16. The summed E-state index contributed by atoms with van der Waals surface area (Å²) in [6.07, 6.45) is 3.79. The summed E-state index contributed by atoms with van der Waals surface area (Å²) in [6, 6.07) is 9.96. The van der Waals surface area contributed by atoms with Gasteiger partial charge in [0.25, 0.3) is 5.91 Å². The average molecular weight is 343 g/mol. The molecule has 2 rings (SSSR count). The Balaban J connectivity index is 1.83. The Labute approximate surface area is 146 Å². The molecule has 0 aliphatic heterocycles. The molecule has 0 aliphatic carbocycles. The third kappa shape index (κ3) is 5.20. The van der Waals surface area contributed by atoms with E-state index in [1.54, 1.807) is 38.1 Å². The molecule has 1 aromatic heterocycles. The molecule has 0 fully saturated rings. The van der Waals surface area contributed by atoms with E-state index in [1.807, 2.05) is 29.1 Å². The van der Waals surface area contributed by atoms with Gasteiger partial charge in [0, 0.05) is 24.6 Å². The number of nitrogens with zero attached hydrogens (tertiary/aromatic N) is 1. The summed E-state index contributed by atoms with van der Waals surface area (Å²) in [5, 5.41) is 5.06. The van der Waals surface area contributed by atoms with Crippen LogP contribution in [0.5, 0.6) is 0 Å². The zero-order valence-electron chi connectivity index (χ0n) is 14.2. The van der Waals surface area contributed by atoms with Crippen LogP contribution in [0.2, 0.25) is 0 Å². The van der Waals surface area contributed by atoms with Crippen molar-refractivity contribution in [2.75, 3.05) is 13.2 Å². The molecular formula is C18H21N3O4. The first-order chi connectivity index (χ1) is 12.0. The molecule has 0 spiro atoms. The Morgan fingerprint density at radius 2 is 1.76 bits per heavy atom. The zero-order chi connectivity index (χ0) is 18.2. The van der Waals surface area contributed by atoms with Crippen LogP contribution in [0.3, 0.4) is 0 Å². The second-order valence-corrected chi connectivity index (χ2v) is 5.40. The van der Waals surface area contributed by atoms with E-state index < -0.39 is 24.5 Å². The van der Waals surface area contributed by atoms with Gasteiger partial charge in [0.1, 0.15) is 6.04 Å². The molecule has 0 unspecified atom stereocenters. The summed E-state index contributed by atoms with van der Waals surface area (Å²) in [7, 11) is 0. The van der Waals surface area contributed by atoms with Crippen molar-refractivity contribution in [1.82, 2.24) is 15.2 Å².